The van der Waals surface area contributed by atoms with Crippen molar-refractivity contribution < 1.29 is 4.79 Å². The highest BCUT2D eigenvalue weighted by Crippen LogP contribution is 2.41. The summed E-state index contributed by atoms with van der Waals surface area (Å²) in [6.07, 6.45) is 7.55. The SMILES string of the molecule is O=C1Nc2c(Cl)cccc2C1CCC1CCCC1. The summed E-state index contributed by atoms with van der Waals surface area (Å²) in [6.45, 7) is 0. The van der Waals surface area contributed by atoms with Crippen molar-refractivity contribution in [3.63, 3.8) is 0 Å². The molecule has 1 aliphatic carbocycles. The van der Waals surface area contributed by atoms with Crippen LogP contribution in [0.15, 0.2) is 18.2 Å². The molecule has 1 heterocycles. The van der Waals surface area contributed by atoms with Crippen LogP contribution in [0.5, 0.6) is 0 Å². The van der Waals surface area contributed by atoms with E-state index in [2.05, 4.69) is 5.32 Å². The van der Waals surface area contributed by atoms with Crippen molar-refractivity contribution >= 4 is 23.2 Å². The number of halogens is 1. The summed E-state index contributed by atoms with van der Waals surface area (Å²) in [5.74, 6) is 0.969. The van der Waals surface area contributed by atoms with Crippen molar-refractivity contribution in [2.75, 3.05) is 5.32 Å². The Kier molecular flexibility index (Phi) is 3.29. The van der Waals surface area contributed by atoms with Crippen molar-refractivity contribution in [3.8, 4) is 0 Å². The molecular formula is C15H18ClNO. The fraction of sp³-hybridized carbons (Fsp3) is 0.533. The lowest BCUT2D eigenvalue weighted by atomic mass is 9.91. The molecule has 2 nitrogen and oxygen atoms in total. The maximum atomic E-state index is 12.0. The van der Waals surface area contributed by atoms with Crippen molar-refractivity contribution in [1.29, 1.82) is 0 Å². The van der Waals surface area contributed by atoms with Gasteiger partial charge < -0.3 is 5.32 Å². The molecule has 1 aromatic rings. The molecule has 1 aliphatic heterocycles. The monoisotopic (exact) mass is 263 g/mol. The number of amides is 1. The van der Waals surface area contributed by atoms with Crippen molar-refractivity contribution in [2.24, 2.45) is 5.92 Å². The van der Waals surface area contributed by atoms with Crippen LogP contribution in [0, 0.1) is 5.92 Å². The fourth-order valence-electron chi connectivity index (χ4n) is 3.30. The highest BCUT2D eigenvalue weighted by molar-refractivity contribution is 6.34. The molecule has 0 spiro atoms. The number of para-hydroxylation sites is 1. The molecule has 2 aliphatic rings. The van der Waals surface area contributed by atoms with Gasteiger partial charge in [-0.25, -0.2) is 0 Å². The molecule has 0 radical (unpaired) electrons. The number of rotatable bonds is 3. The molecule has 3 rings (SSSR count). The number of hydrogen-bond donors (Lipinski definition) is 1. The molecule has 1 unspecified atom stereocenters. The molecule has 1 N–H and O–H groups in total. The van der Waals surface area contributed by atoms with Gasteiger partial charge in [-0.3, -0.25) is 4.79 Å². The van der Waals surface area contributed by atoms with Crippen molar-refractivity contribution in [3.05, 3.63) is 28.8 Å². The summed E-state index contributed by atoms with van der Waals surface area (Å²) in [5.41, 5.74) is 1.92. The molecular weight excluding hydrogens is 246 g/mol. The van der Waals surface area contributed by atoms with E-state index in [0.717, 1.165) is 23.6 Å². The van der Waals surface area contributed by atoms with E-state index in [-0.39, 0.29) is 11.8 Å². The van der Waals surface area contributed by atoms with Gasteiger partial charge in [-0.05, 0) is 30.4 Å². The Morgan fingerprint density at radius 3 is 2.78 bits per heavy atom. The standard InChI is InChI=1S/C15H18ClNO/c16-13-7-3-6-11-12(15(18)17-14(11)13)9-8-10-4-1-2-5-10/h3,6-7,10,12H,1-2,4-5,8-9H2,(H,17,18). The number of hydrogen-bond acceptors (Lipinski definition) is 1. The zero-order valence-corrected chi connectivity index (χ0v) is 11.2. The van der Waals surface area contributed by atoms with Gasteiger partial charge in [0.1, 0.15) is 0 Å². The molecule has 18 heavy (non-hydrogen) atoms. The molecule has 1 fully saturated rings. The Morgan fingerprint density at radius 1 is 1.22 bits per heavy atom. The third kappa shape index (κ3) is 2.14. The van der Waals surface area contributed by atoms with Gasteiger partial charge in [0, 0.05) is 0 Å². The van der Waals surface area contributed by atoms with E-state index in [0.29, 0.717) is 5.02 Å². The highest BCUT2D eigenvalue weighted by atomic mass is 35.5. The molecule has 1 atom stereocenters. The van der Waals surface area contributed by atoms with Gasteiger partial charge >= 0.3 is 0 Å². The first kappa shape index (κ1) is 12.0. The summed E-state index contributed by atoms with van der Waals surface area (Å²) in [4.78, 5) is 12.0. The first-order valence-corrected chi connectivity index (χ1v) is 7.23. The quantitative estimate of drug-likeness (QED) is 0.863. The minimum absolute atomic E-state index is 0.0132. The number of nitrogens with one attached hydrogen (secondary N) is 1. The maximum Gasteiger partial charge on any atom is 0.232 e. The van der Waals surface area contributed by atoms with E-state index in [1.807, 2.05) is 18.2 Å². The van der Waals surface area contributed by atoms with E-state index < -0.39 is 0 Å². The molecule has 0 bridgehead atoms. The average molecular weight is 264 g/mol. The zero-order chi connectivity index (χ0) is 12.5. The van der Waals surface area contributed by atoms with E-state index in [1.165, 1.54) is 32.1 Å². The number of carbonyl (C=O) groups excluding carboxylic acids is 1. The predicted octanol–water partition coefficient (Wildman–Crippen LogP) is 4.35. The van der Waals surface area contributed by atoms with Gasteiger partial charge in [0.2, 0.25) is 5.91 Å². The molecule has 1 amide bonds. The lowest BCUT2D eigenvalue weighted by molar-refractivity contribution is -0.117. The summed E-state index contributed by atoms with van der Waals surface area (Å²) >= 11 is 6.11. The van der Waals surface area contributed by atoms with Gasteiger partial charge in [-0.2, -0.15) is 0 Å². The number of fused-ring (bicyclic) bond motifs is 1. The summed E-state index contributed by atoms with van der Waals surface area (Å²) < 4.78 is 0. The van der Waals surface area contributed by atoms with E-state index >= 15 is 0 Å². The Hall–Kier alpha value is -1.02. The van der Waals surface area contributed by atoms with Crippen LogP contribution in [0.25, 0.3) is 0 Å². The normalized spacial score (nSPS) is 23.2. The second-order valence-electron chi connectivity index (χ2n) is 5.47. The van der Waals surface area contributed by atoms with E-state index in [4.69, 9.17) is 11.6 Å². The minimum atomic E-state index is 0.0132. The van der Waals surface area contributed by atoms with Crippen LogP contribution in [0.2, 0.25) is 5.02 Å². The fourth-order valence-corrected chi connectivity index (χ4v) is 3.53. The second kappa shape index (κ2) is 4.93. The van der Waals surface area contributed by atoms with Crippen LogP contribution in [0.1, 0.15) is 50.0 Å². The predicted molar refractivity (Wildman–Crippen MR) is 74.0 cm³/mol. The van der Waals surface area contributed by atoms with E-state index in [1.54, 1.807) is 0 Å². The lowest BCUT2D eigenvalue weighted by Gasteiger charge is -2.12. The van der Waals surface area contributed by atoms with Crippen LogP contribution in [0.4, 0.5) is 5.69 Å². The smallest absolute Gasteiger partial charge is 0.232 e. The minimum Gasteiger partial charge on any atom is -0.324 e. The third-order valence-corrected chi connectivity index (χ3v) is 4.64. The summed E-state index contributed by atoms with van der Waals surface area (Å²) in [7, 11) is 0. The first-order chi connectivity index (χ1) is 8.75. The van der Waals surface area contributed by atoms with Crippen molar-refractivity contribution in [2.45, 2.75) is 44.4 Å². The lowest BCUT2D eigenvalue weighted by Crippen LogP contribution is -2.13. The number of benzene rings is 1. The average Bonchev–Trinajstić information content (AvgIpc) is 2.95. The highest BCUT2D eigenvalue weighted by Gasteiger charge is 2.32. The van der Waals surface area contributed by atoms with Gasteiger partial charge in [-0.15, -0.1) is 0 Å². The summed E-state index contributed by atoms with van der Waals surface area (Å²) in [6, 6.07) is 5.79. The van der Waals surface area contributed by atoms with Gasteiger partial charge in [-0.1, -0.05) is 49.4 Å². The molecule has 0 aromatic heterocycles. The Labute approximate surface area is 113 Å². The third-order valence-electron chi connectivity index (χ3n) is 4.32. The Morgan fingerprint density at radius 2 is 2.00 bits per heavy atom. The van der Waals surface area contributed by atoms with E-state index in [9.17, 15) is 4.79 Å². The van der Waals surface area contributed by atoms with Crippen LogP contribution >= 0.6 is 11.6 Å². The second-order valence-corrected chi connectivity index (χ2v) is 5.88. The van der Waals surface area contributed by atoms with Gasteiger partial charge in [0.15, 0.2) is 0 Å². The Balaban J connectivity index is 1.73. The molecule has 96 valence electrons. The van der Waals surface area contributed by atoms with Gasteiger partial charge in [0.25, 0.3) is 0 Å². The van der Waals surface area contributed by atoms with Crippen molar-refractivity contribution in [1.82, 2.24) is 0 Å². The number of carbonyl (C=O) groups is 1. The molecule has 1 saturated carbocycles. The molecule has 0 saturated heterocycles. The zero-order valence-electron chi connectivity index (χ0n) is 10.4. The van der Waals surface area contributed by atoms with Crippen LogP contribution in [-0.4, -0.2) is 5.91 Å². The topological polar surface area (TPSA) is 29.1 Å². The maximum absolute atomic E-state index is 12.0. The first-order valence-electron chi connectivity index (χ1n) is 6.85. The largest absolute Gasteiger partial charge is 0.324 e. The van der Waals surface area contributed by atoms with Crippen LogP contribution in [0.3, 0.4) is 0 Å². The molecule has 3 heteroatoms. The molecule has 1 aromatic carbocycles. The Bertz CT molecular complexity index is 466. The van der Waals surface area contributed by atoms with Gasteiger partial charge in [0.05, 0.1) is 16.6 Å². The van der Waals surface area contributed by atoms with Crippen LogP contribution < -0.4 is 5.32 Å². The summed E-state index contributed by atoms with van der Waals surface area (Å²) in [5, 5.41) is 3.58. The number of anilines is 1. The van der Waals surface area contributed by atoms with Crippen LogP contribution in [-0.2, 0) is 4.79 Å².